The van der Waals surface area contributed by atoms with E-state index >= 15 is 0 Å². The largest absolute Gasteiger partial charge is 0.489 e. The van der Waals surface area contributed by atoms with Gasteiger partial charge in [0.2, 0.25) is 5.88 Å². The molecular formula is C36H40ClF2N3O5. The van der Waals surface area contributed by atoms with E-state index in [9.17, 15) is 13.6 Å². The van der Waals surface area contributed by atoms with Crippen LogP contribution in [0.5, 0.6) is 11.6 Å². The molecular weight excluding hydrogens is 628 g/mol. The van der Waals surface area contributed by atoms with Crippen LogP contribution in [0.4, 0.5) is 8.78 Å². The highest BCUT2D eigenvalue weighted by Crippen LogP contribution is 2.38. The van der Waals surface area contributed by atoms with Gasteiger partial charge in [-0.25, -0.2) is 13.8 Å². The van der Waals surface area contributed by atoms with Gasteiger partial charge >= 0.3 is 0 Å². The molecule has 2 bridgehead atoms. The van der Waals surface area contributed by atoms with Crippen molar-refractivity contribution in [1.82, 2.24) is 15.2 Å². The number of fused-ring (bicyclic) bond motifs is 2. The van der Waals surface area contributed by atoms with Crippen LogP contribution >= 0.6 is 11.6 Å². The summed E-state index contributed by atoms with van der Waals surface area (Å²) in [6.07, 6.45) is 6.10. The van der Waals surface area contributed by atoms with Gasteiger partial charge in [-0.15, -0.1) is 0 Å². The number of hydrogen-bond acceptors (Lipinski definition) is 7. The number of aromatic nitrogens is 1. The quantitative estimate of drug-likeness (QED) is 0.166. The van der Waals surface area contributed by atoms with Gasteiger partial charge in [0.25, 0.3) is 5.91 Å². The van der Waals surface area contributed by atoms with Gasteiger partial charge in [-0.1, -0.05) is 35.9 Å². The van der Waals surface area contributed by atoms with Crippen molar-refractivity contribution in [3.8, 4) is 11.6 Å². The lowest BCUT2D eigenvalue weighted by Gasteiger charge is -2.40. The number of benzene rings is 2. The molecule has 0 spiro atoms. The normalized spacial score (nSPS) is 19.1. The Labute approximate surface area is 278 Å². The second-order valence-electron chi connectivity index (χ2n) is 12.4. The number of carbonyl (C=O) groups excluding carboxylic acids is 1. The highest BCUT2D eigenvalue weighted by molar-refractivity contribution is 6.32. The Morgan fingerprint density at radius 2 is 1.83 bits per heavy atom. The minimum atomic E-state index is -0.721. The third-order valence-electron chi connectivity index (χ3n) is 8.96. The van der Waals surface area contributed by atoms with E-state index in [1.165, 1.54) is 0 Å². The Bertz CT molecular complexity index is 1610. The molecule has 11 heteroatoms. The third-order valence-corrected chi connectivity index (χ3v) is 9.31. The molecule has 1 aliphatic carbocycles. The van der Waals surface area contributed by atoms with Crippen molar-refractivity contribution in [1.29, 1.82) is 0 Å². The monoisotopic (exact) mass is 667 g/mol. The summed E-state index contributed by atoms with van der Waals surface area (Å²) in [4.78, 5) is 20.9. The van der Waals surface area contributed by atoms with E-state index in [1.54, 1.807) is 6.20 Å². The number of aliphatic hydroxyl groups is 1. The Morgan fingerprint density at radius 1 is 1.06 bits per heavy atom. The fourth-order valence-electron chi connectivity index (χ4n) is 6.27. The molecule has 250 valence electrons. The van der Waals surface area contributed by atoms with Gasteiger partial charge in [0, 0.05) is 49.0 Å². The molecule has 3 aliphatic rings. The first-order valence-corrected chi connectivity index (χ1v) is 16.6. The third kappa shape index (κ3) is 7.78. The first kappa shape index (κ1) is 33.3. The van der Waals surface area contributed by atoms with E-state index in [2.05, 4.69) is 22.4 Å². The number of aryl methyl sites for hydroxylation is 1. The molecule has 8 nitrogen and oxygen atoms in total. The molecule has 2 atom stereocenters. The average molecular weight is 668 g/mol. The lowest BCUT2D eigenvalue weighted by atomic mass is 9.84. The van der Waals surface area contributed by atoms with Crippen molar-refractivity contribution >= 4 is 23.1 Å². The van der Waals surface area contributed by atoms with Crippen LogP contribution in [-0.2, 0) is 22.5 Å². The number of rotatable bonds is 14. The van der Waals surface area contributed by atoms with Crippen LogP contribution in [0.2, 0.25) is 5.02 Å². The fraction of sp³-hybridized carbons (Fsp3) is 0.444. The lowest BCUT2D eigenvalue weighted by Crippen LogP contribution is -2.55. The minimum absolute atomic E-state index is 0.0207. The zero-order valence-electron chi connectivity index (χ0n) is 26.4. The smallest absolute Gasteiger partial charge is 0.252 e. The number of hydrogen-bond donors (Lipinski definition) is 2. The van der Waals surface area contributed by atoms with E-state index in [-0.39, 0.29) is 48.0 Å². The van der Waals surface area contributed by atoms with Crippen LogP contribution in [0.15, 0.2) is 54.2 Å². The average Bonchev–Trinajstić information content (AvgIpc) is 3.92. The van der Waals surface area contributed by atoms with Gasteiger partial charge in [-0.2, -0.15) is 0 Å². The molecule has 47 heavy (non-hydrogen) atoms. The summed E-state index contributed by atoms with van der Waals surface area (Å²) >= 11 is 5.87. The van der Waals surface area contributed by atoms with Crippen LogP contribution in [-0.4, -0.2) is 72.1 Å². The number of halogens is 3. The molecule has 1 unspecified atom stereocenters. The predicted octanol–water partition coefficient (Wildman–Crippen LogP) is 5.80. The fourth-order valence-corrected chi connectivity index (χ4v) is 6.48. The number of aliphatic hydroxyl groups excluding tert-OH is 1. The lowest BCUT2D eigenvalue weighted by molar-refractivity contribution is -0.129. The molecule has 1 amide bonds. The van der Waals surface area contributed by atoms with Crippen LogP contribution < -0.4 is 14.8 Å². The number of carbonyl (C=O) groups is 1. The van der Waals surface area contributed by atoms with Gasteiger partial charge in [-0.05, 0) is 79.5 Å². The first-order chi connectivity index (χ1) is 22.8. The van der Waals surface area contributed by atoms with E-state index < -0.39 is 11.6 Å². The summed E-state index contributed by atoms with van der Waals surface area (Å²) in [6.45, 7) is 4.05. The zero-order valence-corrected chi connectivity index (χ0v) is 27.2. The van der Waals surface area contributed by atoms with E-state index in [0.717, 1.165) is 58.4 Å². The highest BCUT2D eigenvalue weighted by Gasteiger charge is 2.41. The van der Waals surface area contributed by atoms with E-state index in [1.807, 2.05) is 30.0 Å². The van der Waals surface area contributed by atoms with E-state index in [0.29, 0.717) is 57.9 Å². The van der Waals surface area contributed by atoms with Gasteiger partial charge in [-0.3, -0.25) is 4.79 Å². The van der Waals surface area contributed by atoms with Crippen molar-refractivity contribution in [2.75, 3.05) is 33.0 Å². The molecule has 2 aromatic carbocycles. The first-order valence-electron chi connectivity index (χ1n) is 16.3. The molecule has 2 aliphatic heterocycles. The molecule has 6 rings (SSSR count). The van der Waals surface area contributed by atoms with Gasteiger partial charge in [0.1, 0.15) is 10.8 Å². The summed E-state index contributed by atoms with van der Waals surface area (Å²) in [5.74, 6) is -1.13. The number of nitrogens with zero attached hydrogens (tertiary/aromatic N) is 2. The molecule has 1 aromatic heterocycles. The summed E-state index contributed by atoms with van der Waals surface area (Å²) < 4.78 is 44.9. The summed E-state index contributed by atoms with van der Waals surface area (Å²) in [5.41, 5.74) is 5.76. The molecule has 1 saturated carbocycles. The Balaban J connectivity index is 1.19. The summed E-state index contributed by atoms with van der Waals surface area (Å²) in [6, 6.07) is 12.2. The maximum atomic E-state index is 14.5. The van der Waals surface area contributed by atoms with Crippen molar-refractivity contribution in [2.24, 2.45) is 0 Å². The minimum Gasteiger partial charge on any atom is -0.489 e. The van der Waals surface area contributed by atoms with Crippen molar-refractivity contribution < 1.29 is 32.9 Å². The van der Waals surface area contributed by atoms with Crippen molar-refractivity contribution in [3.63, 3.8) is 0 Å². The molecule has 3 heterocycles. The van der Waals surface area contributed by atoms with Gasteiger partial charge in [0.05, 0.1) is 32.5 Å². The predicted molar refractivity (Wildman–Crippen MR) is 174 cm³/mol. The van der Waals surface area contributed by atoms with Gasteiger partial charge in [0.15, 0.2) is 11.6 Å². The standard InChI is InChI=1S/C36H40ClF2N3O5/c1-22-25(13-14-40-35(22)47-17-3-15-43)19-42(27-9-10-27)36(44)32-28(18-26-20-45-21-31(32)41-26)24-7-5-23(6-8-24)4-2-16-46-34-30(39)12-11-29(38)33(34)37/h5-8,11-14,26-27,31,41,43H,2-4,9-10,15-21H2,1H3/t26?,31-/m1/s1. The van der Waals surface area contributed by atoms with Crippen LogP contribution in [0.1, 0.15) is 54.4 Å². The molecule has 2 N–H and O–H groups in total. The number of morpholine rings is 1. The SMILES string of the molecule is Cc1c(CN(C(=O)C2=C(c3ccc(CCCOc4c(F)ccc(F)c4Cl)cc3)CC3COC[C@H]2N3)C2CC2)ccnc1OCCCO. The number of nitrogens with one attached hydrogen (secondary N) is 1. The highest BCUT2D eigenvalue weighted by atomic mass is 35.5. The Kier molecular flexibility index (Phi) is 10.7. The van der Waals surface area contributed by atoms with Gasteiger partial charge < -0.3 is 29.5 Å². The molecule has 1 saturated heterocycles. The number of amides is 1. The second-order valence-corrected chi connectivity index (χ2v) is 12.7. The number of ether oxygens (including phenoxy) is 3. The van der Waals surface area contributed by atoms with Crippen LogP contribution in [0.3, 0.4) is 0 Å². The Morgan fingerprint density at radius 3 is 2.60 bits per heavy atom. The molecule has 2 fully saturated rings. The van der Waals surface area contributed by atoms with E-state index in [4.69, 9.17) is 30.9 Å². The zero-order chi connectivity index (χ0) is 32.9. The number of pyridine rings is 1. The maximum Gasteiger partial charge on any atom is 0.252 e. The summed E-state index contributed by atoms with van der Waals surface area (Å²) in [5, 5.41) is 12.4. The maximum absolute atomic E-state index is 14.5. The topological polar surface area (TPSA) is 93.2 Å². The summed E-state index contributed by atoms with van der Waals surface area (Å²) in [7, 11) is 0. The van der Waals surface area contributed by atoms with Crippen molar-refractivity contribution in [2.45, 2.75) is 70.1 Å². The Hall–Kier alpha value is -3.57. The molecule has 3 aromatic rings. The van der Waals surface area contributed by atoms with Crippen LogP contribution in [0.25, 0.3) is 5.57 Å². The van der Waals surface area contributed by atoms with Crippen LogP contribution in [0, 0.1) is 18.6 Å². The van der Waals surface area contributed by atoms with Crippen molar-refractivity contribution in [3.05, 3.63) is 93.1 Å². The second kappa shape index (κ2) is 15.1. The molecule has 0 radical (unpaired) electrons.